The van der Waals surface area contributed by atoms with Gasteiger partial charge >= 0.3 is 0 Å². The molecule has 0 fully saturated rings. The first-order valence-electron chi connectivity index (χ1n) is 8.20. The SMILES string of the molecule is C=CCOc1ccc(CN(C)C(=O)CSc2nc3ccccc3s2)cc1. The first-order valence-corrected chi connectivity index (χ1v) is 10.0. The number of amides is 1. The van der Waals surface area contributed by atoms with Crippen LogP contribution in [-0.2, 0) is 11.3 Å². The lowest BCUT2D eigenvalue weighted by Crippen LogP contribution is -2.27. The zero-order valence-corrected chi connectivity index (χ0v) is 16.2. The Labute approximate surface area is 161 Å². The number of ether oxygens (including phenoxy) is 1. The van der Waals surface area contributed by atoms with E-state index in [2.05, 4.69) is 11.6 Å². The summed E-state index contributed by atoms with van der Waals surface area (Å²) in [5, 5.41) is 0. The molecule has 1 heterocycles. The van der Waals surface area contributed by atoms with Gasteiger partial charge in [-0.25, -0.2) is 4.98 Å². The first-order chi connectivity index (χ1) is 12.7. The van der Waals surface area contributed by atoms with Crippen molar-refractivity contribution < 1.29 is 9.53 Å². The quantitative estimate of drug-likeness (QED) is 0.420. The number of thioether (sulfide) groups is 1. The van der Waals surface area contributed by atoms with Crippen molar-refractivity contribution in [2.75, 3.05) is 19.4 Å². The summed E-state index contributed by atoms with van der Waals surface area (Å²) in [6, 6.07) is 15.8. The number of fused-ring (bicyclic) bond motifs is 1. The van der Waals surface area contributed by atoms with Gasteiger partial charge in [0.2, 0.25) is 5.91 Å². The van der Waals surface area contributed by atoms with Crippen LogP contribution in [0.15, 0.2) is 65.5 Å². The number of aromatic nitrogens is 1. The molecule has 0 saturated heterocycles. The van der Waals surface area contributed by atoms with E-state index in [4.69, 9.17) is 4.74 Å². The van der Waals surface area contributed by atoms with E-state index in [-0.39, 0.29) is 5.91 Å². The molecule has 0 atom stereocenters. The van der Waals surface area contributed by atoms with Crippen LogP contribution in [0.2, 0.25) is 0 Å². The number of nitrogens with zero attached hydrogens (tertiary/aromatic N) is 2. The van der Waals surface area contributed by atoms with Crippen molar-refractivity contribution in [3.63, 3.8) is 0 Å². The second-order valence-electron chi connectivity index (χ2n) is 5.73. The summed E-state index contributed by atoms with van der Waals surface area (Å²) in [6.45, 7) is 4.69. The molecule has 3 rings (SSSR count). The first kappa shape index (κ1) is 18.5. The Morgan fingerprint density at radius 1 is 1.27 bits per heavy atom. The second kappa shape index (κ2) is 8.87. The fourth-order valence-electron chi connectivity index (χ4n) is 2.35. The molecule has 0 unspecified atom stereocenters. The van der Waals surface area contributed by atoms with E-state index < -0.39 is 0 Å². The average Bonchev–Trinajstić information content (AvgIpc) is 3.08. The number of para-hydroxylation sites is 1. The summed E-state index contributed by atoms with van der Waals surface area (Å²) in [4.78, 5) is 18.7. The third-order valence-electron chi connectivity index (χ3n) is 3.73. The molecular formula is C20H20N2O2S2. The normalized spacial score (nSPS) is 10.7. The van der Waals surface area contributed by atoms with Crippen molar-refractivity contribution in [2.24, 2.45) is 0 Å². The topological polar surface area (TPSA) is 42.4 Å². The number of hydrogen-bond acceptors (Lipinski definition) is 5. The maximum absolute atomic E-state index is 12.4. The van der Waals surface area contributed by atoms with Crippen LogP contribution in [0.5, 0.6) is 5.75 Å². The van der Waals surface area contributed by atoms with Crippen LogP contribution in [0, 0.1) is 0 Å². The van der Waals surface area contributed by atoms with Crippen LogP contribution in [0.3, 0.4) is 0 Å². The summed E-state index contributed by atoms with van der Waals surface area (Å²) in [5.74, 6) is 1.27. The Hall–Kier alpha value is -2.31. The number of benzene rings is 2. The van der Waals surface area contributed by atoms with E-state index in [1.165, 1.54) is 11.8 Å². The molecule has 0 radical (unpaired) electrons. The Morgan fingerprint density at radius 3 is 2.77 bits per heavy atom. The molecule has 0 aliphatic rings. The zero-order valence-electron chi connectivity index (χ0n) is 14.6. The van der Waals surface area contributed by atoms with Crippen molar-refractivity contribution >= 4 is 39.2 Å². The number of thiazole rings is 1. The molecule has 1 aromatic heterocycles. The molecule has 0 N–H and O–H groups in total. The minimum atomic E-state index is 0.0845. The van der Waals surface area contributed by atoms with Gasteiger partial charge in [-0.05, 0) is 29.8 Å². The Bertz CT molecular complexity index is 857. The number of rotatable bonds is 8. The van der Waals surface area contributed by atoms with Gasteiger partial charge < -0.3 is 9.64 Å². The Morgan fingerprint density at radius 2 is 2.04 bits per heavy atom. The van der Waals surface area contributed by atoms with Crippen molar-refractivity contribution in [2.45, 2.75) is 10.9 Å². The standard InChI is InChI=1S/C20H20N2O2S2/c1-3-12-24-16-10-8-15(9-11-16)13-22(2)19(23)14-25-20-21-17-6-4-5-7-18(17)26-20/h3-11H,1,12-14H2,2H3. The summed E-state index contributed by atoms with van der Waals surface area (Å²) >= 11 is 3.11. The fourth-order valence-corrected chi connectivity index (χ4v) is 4.36. The summed E-state index contributed by atoms with van der Waals surface area (Å²) < 4.78 is 7.54. The van der Waals surface area contributed by atoms with Crippen molar-refractivity contribution in [1.82, 2.24) is 9.88 Å². The van der Waals surface area contributed by atoms with E-state index in [0.29, 0.717) is 18.9 Å². The number of carbonyl (C=O) groups excluding carboxylic acids is 1. The zero-order chi connectivity index (χ0) is 18.4. The van der Waals surface area contributed by atoms with E-state index >= 15 is 0 Å². The van der Waals surface area contributed by atoms with Crippen molar-refractivity contribution in [1.29, 1.82) is 0 Å². The van der Waals surface area contributed by atoms with Gasteiger partial charge in [-0.15, -0.1) is 11.3 Å². The molecule has 0 spiro atoms. The predicted molar refractivity (Wildman–Crippen MR) is 109 cm³/mol. The van der Waals surface area contributed by atoms with E-state index in [1.807, 2.05) is 55.6 Å². The summed E-state index contributed by atoms with van der Waals surface area (Å²) in [7, 11) is 1.82. The molecule has 0 saturated carbocycles. The van der Waals surface area contributed by atoms with Gasteiger partial charge in [0.1, 0.15) is 12.4 Å². The van der Waals surface area contributed by atoms with Crippen LogP contribution in [0.1, 0.15) is 5.56 Å². The summed E-state index contributed by atoms with van der Waals surface area (Å²) in [6.07, 6.45) is 1.71. The highest BCUT2D eigenvalue weighted by Crippen LogP contribution is 2.29. The van der Waals surface area contributed by atoms with E-state index in [0.717, 1.165) is 25.9 Å². The monoisotopic (exact) mass is 384 g/mol. The lowest BCUT2D eigenvalue weighted by molar-refractivity contribution is -0.127. The summed E-state index contributed by atoms with van der Waals surface area (Å²) in [5.41, 5.74) is 2.05. The lowest BCUT2D eigenvalue weighted by atomic mass is 10.2. The molecule has 4 nitrogen and oxygen atoms in total. The molecule has 1 amide bonds. The molecule has 134 valence electrons. The van der Waals surface area contributed by atoms with Crippen LogP contribution < -0.4 is 4.74 Å². The molecule has 0 bridgehead atoms. The van der Waals surface area contributed by atoms with Gasteiger partial charge in [0, 0.05) is 13.6 Å². The number of hydrogen-bond donors (Lipinski definition) is 0. The van der Waals surface area contributed by atoms with Gasteiger partial charge in [0.25, 0.3) is 0 Å². The van der Waals surface area contributed by atoms with Gasteiger partial charge in [0.05, 0.1) is 16.0 Å². The largest absolute Gasteiger partial charge is 0.490 e. The van der Waals surface area contributed by atoms with Crippen LogP contribution in [0.4, 0.5) is 0 Å². The Balaban J connectivity index is 1.51. The molecule has 0 aliphatic heterocycles. The van der Waals surface area contributed by atoms with Crippen LogP contribution in [0.25, 0.3) is 10.2 Å². The minimum Gasteiger partial charge on any atom is -0.490 e. The third kappa shape index (κ3) is 4.86. The fraction of sp³-hybridized carbons (Fsp3) is 0.200. The van der Waals surface area contributed by atoms with E-state index in [9.17, 15) is 4.79 Å². The Kier molecular flexibility index (Phi) is 6.30. The predicted octanol–water partition coefficient (Wildman–Crippen LogP) is 4.61. The van der Waals surface area contributed by atoms with Gasteiger partial charge in [-0.1, -0.05) is 48.7 Å². The van der Waals surface area contributed by atoms with Crippen molar-refractivity contribution in [3.05, 3.63) is 66.7 Å². The molecular weight excluding hydrogens is 364 g/mol. The smallest absolute Gasteiger partial charge is 0.233 e. The highest BCUT2D eigenvalue weighted by atomic mass is 32.2. The highest BCUT2D eigenvalue weighted by Gasteiger charge is 2.12. The molecule has 0 aliphatic carbocycles. The molecule has 3 aromatic rings. The minimum absolute atomic E-state index is 0.0845. The molecule has 26 heavy (non-hydrogen) atoms. The number of carbonyl (C=O) groups is 1. The maximum Gasteiger partial charge on any atom is 0.233 e. The molecule has 2 aromatic carbocycles. The van der Waals surface area contributed by atoms with Gasteiger partial charge in [-0.3, -0.25) is 4.79 Å². The van der Waals surface area contributed by atoms with Crippen molar-refractivity contribution in [3.8, 4) is 5.75 Å². The average molecular weight is 385 g/mol. The molecule has 6 heteroatoms. The van der Waals surface area contributed by atoms with Crippen LogP contribution in [-0.4, -0.2) is 35.2 Å². The lowest BCUT2D eigenvalue weighted by Gasteiger charge is -2.17. The van der Waals surface area contributed by atoms with E-state index in [1.54, 1.807) is 22.3 Å². The maximum atomic E-state index is 12.4. The second-order valence-corrected chi connectivity index (χ2v) is 7.98. The van der Waals surface area contributed by atoms with Gasteiger partial charge in [-0.2, -0.15) is 0 Å². The highest BCUT2D eigenvalue weighted by molar-refractivity contribution is 8.01. The van der Waals surface area contributed by atoms with Gasteiger partial charge in [0.15, 0.2) is 4.34 Å². The third-order valence-corrected chi connectivity index (χ3v) is 5.89. The van der Waals surface area contributed by atoms with Crippen LogP contribution >= 0.6 is 23.1 Å².